The van der Waals surface area contributed by atoms with Gasteiger partial charge in [0.05, 0.1) is 17.8 Å². The van der Waals surface area contributed by atoms with Gasteiger partial charge in [-0.2, -0.15) is 0 Å². The molecule has 6 nitrogen and oxygen atoms in total. The molecule has 0 amide bonds. The molecule has 0 unspecified atom stereocenters. The van der Waals surface area contributed by atoms with Gasteiger partial charge in [0.2, 0.25) is 0 Å². The van der Waals surface area contributed by atoms with Crippen molar-refractivity contribution in [2.75, 3.05) is 11.4 Å². The van der Waals surface area contributed by atoms with Crippen LogP contribution in [0.15, 0.2) is 24.5 Å². The molecule has 7 heteroatoms. The smallest absolute Gasteiger partial charge is 0.337 e. The Morgan fingerprint density at radius 3 is 3.00 bits per heavy atom. The quantitative estimate of drug-likeness (QED) is 0.878. The molecule has 1 N–H and O–H groups in total. The lowest BCUT2D eigenvalue weighted by molar-refractivity contribution is 0.0697. The van der Waals surface area contributed by atoms with E-state index in [2.05, 4.69) is 10.2 Å². The molecular formula is C12H11FN4O2. The van der Waals surface area contributed by atoms with E-state index < -0.39 is 11.8 Å². The third-order valence-corrected chi connectivity index (χ3v) is 3.17. The van der Waals surface area contributed by atoms with Crippen LogP contribution in [0.25, 0.3) is 0 Å². The van der Waals surface area contributed by atoms with Crippen molar-refractivity contribution in [1.29, 1.82) is 0 Å². The molecule has 0 radical (unpaired) electrons. The number of anilines is 1. The Balaban J connectivity index is 1.98. The van der Waals surface area contributed by atoms with E-state index in [9.17, 15) is 9.18 Å². The van der Waals surface area contributed by atoms with Crippen molar-refractivity contribution in [2.24, 2.45) is 0 Å². The fourth-order valence-corrected chi connectivity index (χ4v) is 2.23. The number of carboxylic acids is 1. The van der Waals surface area contributed by atoms with Crippen LogP contribution in [0.2, 0.25) is 0 Å². The average Bonchev–Trinajstić information content (AvgIpc) is 2.85. The number of fused-ring (bicyclic) bond motifs is 1. The van der Waals surface area contributed by atoms with Crippen LogP contribution in [0.4, 0.5) is 10.1 Å². The standard InChI is InChI=1S/C12H11FN4O2/c13-8-1-2-10(9(5-8)12(18)19)16-3-4-17-7-14-15-11(17)6-16/h1-2,5,7H,3-4,6H2,(H,18,19). The molecule has 19 heavy (non-hydrogen) atoms. The Morgan fingerprint density at radius 1 is 1.37 bits per heavy atom. The molecule has 0 bridgehead atoms. The molecule has 0 fully saturated rings. The number of hydrogen-bond donors (Lipinski definition) is 1. The fraction of sp³-hybridized carbons (Fsp3) is 0.250. The number of aromatic nitrogens is 3. The second-order valence-corrected chi connectivity index (χ2v) is 4.33. The van der Waals surface area contributed by atoms with Gasteiger partial charge in [-0.15, -0.1) is 10.2 Å². The Labute approximate surface area is 108 Å². The summed E-state index contributed by atoms with van der Waals surface area (Å²) in [6, 6.07) is 3.79. The normalized spacial score (nSPS) is 14.3. The van der Waals surface area contributed by atoms with Gasteiger partial charge in [-0.1, -0.05) is 0 Å². The number of aromatic carboxylic acids is 1. The predicted octanol–water partition coefficient (Wildman–Crippen LogP) is 1.14. The summed E-state index contributed by atoms with van der Waals surface area (Å²) in [5.74, 6) is -0.921. The summed E-state index contributed by atoms with van der Waals surface area (Å²) in [6.45, 7) is 1.78. The first-order valence-corrected chi connectivity index (χ1v) is 5.79. The summed E-state index contributed by atoms with van der Waals surface area (Å²) in [6.07, 6.45) is 1.65. The van der Waals surface area contributed by atoms with Crippen molar-refractivity contribution in [3.8, 4) is 0 Å². The highest BCUT2D eigenvalue weighted by atomic mass is 19.1. The van der Waals surface area contributed by atoms with E-state index in [0.717, 1.165) is 11.9 Å². The van der Waals surface area contributed by atoms with Crippen LogP contribution in [0.1, 0.15) is 16.2 Å². The molecule has 1 aromatic carbocycles. The van der Waals surface area contributed by atoms with Crippen LogP contribution in [0, 0.1) is 5.82 Å². The second kappa shape index (κ2) is 4.34. The van der Waals surface area contributed by atoms with Gasteiger partial charge < -0.3 is 14.6 Å². The molecule has 1 aliphatic rings. The zero-order valence-corrected chi connectivity index (χ0v) is 9.95. The third-order valence-electron chi connectivity index (χ3n) is 3.17. The van der Waals surface area contributed by atoms with E-state index in [0.29, 0.717) is 25.3 Å². The SMILES string of the molecule is O=C(O)c1cc(F)ccc1N1CCn2cnnc2C1. The number of nitrogens with zero attached hydrogens (tertiary/aromatic N) is 4. The summed E-state index contributed by atoms with van der Waals surface area (Å²) in [4.78, 5) is 13.1. The van der Waals surface area contributed by atoms with E-state index in [1.807, 2.05) is 9.47 Å². The molecule has 3 rings (SSSR count). The minimum absolute atomic E-state index is 0.0343. The minimum atomic E-state index is -1.14. The first-order valence-electron chi connectivity index (χ1n) is 5.79. The van der Waals surface area contributed by atoms with Crippen molar-refractivity contribution >= 4 is 11.7 Å². The van der Waals surface area contributed by atoms with Crippen LogP contribution in [-0.4, -0.2) is 32.4 Å². The first kappa shape index (κ1) is 11.6. The maximum atomic E-state index is 13.2. The molecular weight excluding hydrogens is 251 g/mol. The number of rotatable bonds is 2. The predicted molar refractivity (Wildman–Crippen MR) is 64.4 cm³/mol. The highest BCUT2D eigenvalue weighted by molar-refractivity contribution is 5.94. The van der Waals surface area contributed by atoms with Gasteiger partial charge in [0, 0.05) is 13.1 Å². The van der Waals surface area contributed by atoms with Crippen molar-refractivity contribution in [2.45, 2.75) is 13.1 Å². The van der Waals surface area contributed by atoms with E-state index in [-0.39, 0.29) is 5.56 Å². The van der Waals surface area contributed by atoms with Gasteiger partial charge in [0.15, 0.2) is 5.82 Å². The first-order chi connectivity index (χ1) is 9.15. The van der Waals surface area contributed by atoms with Gasteiger partial charge in [-0.3, -0.25) is 0 Å². The lowest BCUT2D eigenvalue weighted by Crippen LogP contribution is -2.34. The molecule has 0 spiro atoms. The zero-order chi connectivity index (χ0) is 13.4. The van der Waals surface area contributed by atoms with E-state index in [1.165, 1.54) is 12.1 Å². The van der Waals surface area contributed by atoms with E-state index in [1.54, 1.807) is 6.33 Å². The topological polar surface area (TPSA) is 71.2 Å². The maximum Gasteiger partial charge on any atom is 0.337 e. The van der Waals surface area contributed by atoms with Gasteiger partial charge in [0.25, 0.3) is 0 Å². The summed E-state index contributed by atoms with van der Waals surface area (Å²) in [5, 5.41) is 16.9. The Bertz CT molecular complexity index is 640. The molecule has 0 saturated heterocycles. The summed E-state index contributed by atoms with van der Waals surface area (Å²) < 4.78 is 15.1. The lowest BCUT2D eigenvalue weighted by Gasteiger charge is -2.29. The monoisotopic (exact) mass is 262 g/mol. The average molecular weight is 262 g/mol. The fourth-order valence-electron chi connectivity index (χ4n) is 2.23. The molecule has 0 saturated carbocycles. The number of benzene rings is 1. The largest absolute Gasteiger partial charge is 0.478 e. The molecule has 1 aromatic heterocycles. The molecule has 0 atom stereocenters. The molecule has 98 valence electrons. The van der Waals surface area contributed by atoms with Crippen LogP contribution in [0.5, 0.6) is 0 Å². The van der Waals surface area contributed by atoms with Gasteiger partial charge in [0.1, 0.15) is 12.1 Å². The number of carbonyl (C=O) groups is 1. The van der Waals surface area contributed by atoms with Crippen LogP contribution >= 0.6 is 0 Å². The molecule has 1 aliphatic heterocycles. The van der Waals surface area contributed by atoms with Crippen molar-refractivity contribution in [1.82, 2.24) is 14.8 Å². The van der Waals surface area contributed by atoms with E-state index in [4.69, 9.17) is 5.11 Å². The Kier molecular flexibility index (Phi) is 2.66. The van der Waals surface area contributed by atoms with Crippen molar-refractivity contribution in [3.05, 3.63) is 41.7 Å². The number of halogens is 1. The highest BCUT2D eigenvalue weighted by Crippen LogP contribution is 2.25. The molecule has 2 aromatic rings. The highest BCUT2D eigenvalue weighted by Gasteiger charge is 2.22. The van der Waals surface area contributed by atoms with Gasteiger partial charge >= 0.3 is 5.97 Å². The lowest BCUT2D eigenvalue weighted by atomic mass is 10.1. The number of hydrogen-bond acceptors (Lipinski definition) is 4. The van der Waals surface area contributed by atoms with Crippen molar-refractivity contribution < 1.29 is 14.3 Å². The zero-order valence-electron chi connectivity index (χ0n) is 9.95. The molecule has 2 heterocycles. The maximum absolute atomic E-state index is 13.2. The van der Waals surface area contributed by atoms with Crippen LogP contribution in [-0.2, 0) is 13.1 Å². The minimum Gasteiger partial charge on any atom is -0.478 e. The van der Waals surface area contributed by atoms with Gasteiger partial charge in [-0.25, -0.2) is 9.18 Å². The van der Waals surface area contributed by atoms with E-state index >= 15 is 0 Å². The van der Waals surface area contributed by atoms with Crippen LogP contribution in [0.3, 0.4) is 0 Å². The second-order valence-electron chi connectivity index (χ2n) is 4.33. The number of carboxylic acid groups (broad SMARTS) is 1. The summed E-state index contributed by atoms with van der Waals surface area (Å²) in [7, 11) is 0. The summed E-state index contributed by atoms with van der Waals surface area (Å²) >= 11 is 0. The Hall–Kier alpha value is -2.44. The Morgan fingerprint density at radius 2 is 2.21 bits per heavy atom. The molecule has 0 aliphatic carbocycles. The van der Waals surface area contributed by atoms with Crippen LogP contribution < -0.4 is 4.90 Å². The van der Waals surface area contributed by atoms with Gasteiger partial charge in [-0.05, 0) is 18.2 Å². The van der Waals surface area contributed by atoms with Crippen molar-refractivity contribution in [3.63, 3.8) is 0 Å². The third kappa shape index (κ3) is 2.03. The summed E-state index contributed by atoms with van der Waals surface area (Å²) in [5.41, 5.74) is 0.469.